The SMILES string of the molecule is CCn1c(Sc2ccc(CNCCOC)cc2)n[nH]c1=O. The molecule has 7 heteroatoms. The van der Waals surface area contributed by atoms with E-state index in [1.807, 2.05) is 19.1 Å². The molecular weight excluding hydrogens is 288 g/mol. The van der Waals surface area contributed by atoms with Gasteiger partial charge in [-0.15, -0.1) is 5.10 Å². The van der Waals surface area contributed by atoms with Gasteiger partial charge < -0.3 is 10.1 Å². The number of rotatable bonds is 8. The molecule has 6 nitrogen and oxygen atoms in total. The number of nitrogens with zero attached hydrogens (tertiary/aromatic N) is 2. The van der Waals surface area contributed by atoms with E-state index in [9.17, 15) is 4.79 Å². The van der Waals surface area contributed by atoms with E-state index in [0.717, 1.165) is 18.0 Å². The van der Waals surface area contributed by atoms with Crippen molar-refractivity contribution in [3.05, 3.63) is 40.3 Å². The lowest BCUT2D eigenvalue weighted by Gasteiger charge is -2.06. The summed E-state index contributed by atoms with van der Waals surface area (Å²) in [4.78, 5) is 12.6. The topological polar surface area (TPSA) is 71.9 Å². The molecule has 0 amide bonds. The van der Waals surface area contributed by atoms with Gasteiger partial charge in [-0.2, -0.15) is 0 Å². The Morgan fingerprint density at radius 1 is 1.38 bits per heavy atom. The summed E-state index contributed by atoms with van der Waals surface area (Å²) in [5, 5.41) is 10.5. The van der Waals surface area contributed by atoms with Crippen molar-refractivity contribution >= 4 is 11.8 Å². The Hall–Kier alpha value is -1.57. The van der Waals surface area contributed by atoms with Crippen LogP contribution in [0.4, 0.5) is 0 Å². The minimum absolute atomic E-state index is 0.168. The fourth-order valence-corrected chi connectivity index (χ4v) is 2.74. The van der Waals surface area contributed by atoms with Gasteiger partial charge in [-0.3, -0.25) is 4.57 Å². The zero-order chi connectivity index (χ0) is 15.1. The number of aromatic amines is 1. The fourth-order valence-electron chi connectivity index (χ4n) is 1.85. The van der Waals surface area contributed by atoms with Crippen molar-refractivity contribution in [2.75, 3.05) is 20.3 Å². The van der Waals surface area contributed by atoms with Crippen LogP contribution in [0.2, 0.25) is 0 Å². The third kappa shape index (κ3) is 4.45. The quantitative estimate of drug-likeness (QED) is 0.723. The molecule has 0 saturated carbocycles. The van der Waals surface area contributed by atoms with E-state index in [4.69, 9.17) is 4.74 Å². The van der Waals surface area contributed by atoms with Gasteiger partial charge in [0.25, 0.3) is 0 Å². The number of aromatic nitrogens is 3. The minimum atomic E-state index is -0.168. The molecule has 0 fully saturated rings. The molecule has 2 rings (SSSR count). The molecule has 0 bridgehead atoms. The van der Waals surface area contributed by atoms with E-state index in [2.05, 4.69) is 27.6 Å². The van der Waals surface area contributed by atoms with Crippen molar-refractivity contribution in [2.45, 2.75) is 30.1 Å². The molecule has 0 saturated heterocycles. The van der Waals surface area contributed by atoms with Crippen LogP contribution in [0.1, 0.15) is 12.5 Å². The molecule has 0 aliphatic carbocycles. The average molecular weight is 308 g/mol. The van der Waals surface area contributed by atoms with Crippen molar-refractivity contribution in [1.29, 1.82) is 0 Å². The van der Waals surface area contributed by atoms with Crippen LogP contribution in [0, 0.1) is 0 Å². The Morgan fingerprint density at radius 2 is 2.14 bits per heavy atom. The van der Waals surface area contributed by atoms with Crippen LogP contribution in [-0.4, -0.2) is 35.0 Å². The van der Waals surface area contributed by atoms with Crippen LogP contribution >= 0.6 is 11.8 Å². The van der Waals surface area contributed by atoms with Crippen LogP contribution in [0.15, 0.2) is 39.1 Å². The monoisotopic (exact) mass is 308 g/mol. The lowest BCUT2D eigenvalue weighted by Crippen LogP contribution is -2.18. The van der Waals surface area contributed by atoms with Crippen LogP contribution in [-0.2, 0) is 17.8 Å². The molecule has 2 aromatic rings. The van der Waals surface area contributed by atoms with Gasteiger partial charge in [-0.05, 0) is 36.4 Å². The van der Waals surface area contributed by atoms with Gasteiger partial charge >= 0.3 is 5.69 Å². The largest absolute Gasteiger partial charge is 0.383 e. The van der Waals surface area contributed by atoms with Gasteiger partial charge in [0.05, 0.1) is 6.61 Å². The van der Waals surface area contributed by atoms with Gasteiger partial charge in [0, 0.05) is 31.6 Å². The fraction of sp³-hybridized carbons (Fsp3) is 0.429. The van der Waals surface area contributed by atoms with E-state index in [0.29, 0.717) is 18.3 Å². The zero-order valence-electron chi connectivity index (χ0n) is 12.3. The van der Waals surface area contributed by atoms with Gasteiger partial charge in [-0.1, -0.05) is 12.1 Å². The highest BCUT2D eigenvalue weighted by Gasteiger charge is 2.08. The van der Waals surface area contributed by atoms with Crippen LogP contribution in [0.3, 0.4) is 0 Å². The number of hydrogen-bond donors (Lipinski definition) is 2. The van der Waals surface area contributed by atoms with Crippen molar-refractivity contribution in [3.8, 4) is 0 Å². The number of H-pyrrole nitrogens is 1. The summed E-state index contributed by atoms with van der Waals surface area (Å²) in [6.45, 7) is 4.90. The Morgan fingerprint density at radius 3 is 2.81 bits per heavy atom. The summed E-state index contributed by atoms with van der Waals surface area (Å²) >= 11 is 1.48. The normalized spacial score (nSPS) is 11.0. The number of nitrogens with one attached hydrogen (secondary N) is 2. The number of ether oxygens (including phenoxy) is 1. The van der Waals surface area contributed by atoms with Crippen molar-refractivity contribution < 1.29 is 4.74 Å². The summed E-state index contributed by atoms with van der Waals surface area (Å²) in [5.41, 5.74) is 1.05. The summed E-state index contributed by atoms with van der Waals surface area (Å²) in [7, 11) is 1.69. The first-order valence-corrected chi connectivity index (χ1v) is 7.68. The standard InChI is InChI=1S/C14H20N4O2S/c1-3-18-13(19)16-17-14(18)21-12-6-4-11(5-7-12)10-15-8-9-20-2/h4-7,15H,3,8-10H2,1-2H3,(H,16,19). The molecule has 1 heterocycles. The highest BCUT2D eigenvalue weighted by atomic mass is 32.2. The Bertz CT molecular complexity index is 606. The molecule has 114 valence electrons. The Balaban J connectivity index is 1.94. The Kier molecular flexibility index (Phi) is 6.04. The lowest BCUT2D eigenvalue weighted by atomic mass is 10.2. The van der Waals surface area contributed by atoms with E-state index >= 15 is 0 Å². The predicted molar refractivity (Wildman–Crippen MR) is 82.7 cm³/mol. The number of benzene rings is 1. The van der Waals surface area contributed by atoms with Gasteiger partial charge in [0.1, 0.15) is 0 Å². The average Bonchev–Trinajstić information content (AvgIpc) is 2.85. The third-order valence-electron chi connectivity index (χ3n) is 2.98. The van der Waals surface area contributed by atoms with Crippen molar-refractivity contribution in [2.24, 2.45) is 0 Å². The van der Waals surface area contributed by atoms with E-state index in [1.165, 1.54) is 17.3 Å². The van der Waals surface area contributed by atoms with Gasteiger partial charge in [0.15, 0.2) is 5.16 Å². The second kappa shape index (κ2) is 8.02. The molecule has 2 N–H and O–H groups in total. The lowest BCUT2D eigenvalue weighted by molar-refractivity contribution is 0.199. The van der Waals surface area contributed by atoms with Crippen LogP contribution in [0.5, 0.6) is 0 Å². The molecule has 0 radical (unpaired) electrons. The zero-order valence-corrected chi connectivity index (χ0v) is 13.1. The predicted octanol–water partition coefficient (Wildman–Crippen LogP) is 1.48. The number of methoxy groups -OCH3 is 1. The second-order valence-corrected chi connectivity index (χ2v) is 5.51. The molecule has 0 unspecified atom stereocenters. The Labute approximate surface area is 127 Å². The van der Waals surface area contributed by atoms with Gasteiger partial charge in [-0.25, -0.2) is 9.89 Å². The molecule has 0 aliphatic rings. The summed E-state index contributed by atoms with van der Waals surface area (Å²) in [5.74, 6) is 0. The van der Waals surface area contributed by atoms with Crippen molar-refractivity contribution in [1.82, 2.24) is 20.1 Å². The first kappa shape index (κ1) is 15.8. The minimum Gasteiger partial charge on any atom is -0.383 e. The summed E-state index contributed by atoms with van der Waals surface area (Å²) in [6.07, 6.45) is 0. The molecule has 1 aromatic carbocycles. The maximum atomic E-state index is 11.5. The van der Waals surface area contributed by atoms with E-state index in [1.54, 1.807) is 11.7 Å². The van der Waals surface area contributed by atoms with Crippen LogP contribution in [0.25, 0.3) is 0 Å². The van der Waals surface area contributed by atoms with Crippen molar-refractivity contribution in [3.63, 3.8) is 0 Å². The first-order valence-electron chi connectivity index (χ1n) is 6.86. The maximum absolute atomic E-state index is 11.5. The van der Waals surface area contributed by atoms with Gasteiger partial charge in [0.2, 0.25) is 0 Å². The highest BCUT2D eigenvalue weighted by molar-refractivity contribution is 7.99. The summed E-state index contributed by atoms with van der Waals surface area (Å²) < 4.78 is 6.60. The molecule has 0 aliphatic heterocycles. The van der Waals surface area contributed by atoms with E-state index < -0.39 is 0 Å². The third-order valence-corrected chi connectivity index (χ3v) is 3.99. The first-order chi connectivity index (χ1) is 10.2. The molecular formula is C14H20N4O2S. The smallest absolute Gasteiger partial charge is 0.343 e. The molecule has 0 atom stereocenters. The highest BCUT2D eigenvalue weighted by Crippen LogP contribution is 2.25. The van der Waals surface area contributed by atoms with Crippen LogP contribution < -0.4 is 11.0 Å². The molecule has 1 aromatic heterocycles. The number of hydrogen-bond acceptors (Lipinski definition) is 5. The summed E-state index contributed by atoms with van der Waals surface area (Å²) in [6, 6.07) is 8.22. The second-order valence-electron chi connectivity index (χ2n) is 4.47. The van der Waals surface area contributed by atoms with E-state index in [-0.39, 0.29) is 5.69 Å². The molecule has 21 heavy (non-hydrogen) atoms. The maximum Gasteiger partial charge on any atom is 0.343 e. The molecule has 0 spiro atoms.